The highest BCUT2D eigenvalue weighted by atomic mass is 32.2. The average molecular weight is 370 g/mol. The Morgan fingerprint density at radius 2 is 1.85 bits per heavy atom. The molecule has 0 aromatic heterocycles. The minimum atomic E-state index is -0.974. The first kappa shape index (κ1) is 18.0. The van der Waals surface area contributed by atoms with Crippen LogP contribution < -0.4 is 10.2 Å². The van der Waals surface area contributed by atoms with E-state index in [0.29, 0.717) is 11.4 Å². The zero-order valence-corrected chi connectivity index (χ0v) is 15.0. The highest BCUT2D eigenvalue weighted by Gasteiger charge is 2.31. The number of nitrogens with one attached hydrogen (secondary N) is 1. The molecule has 0 unspecified atom stereocenters. The lowest BCUT2D eigenvalue weighted by atomic mass is 10.1. The summed E-state index contributed by atoms with van der Waals surface area (Å²) in [5.74, 6) is -1.08. The molecule has 3 rings (SSSR count). The van der Waals surface area contributed by atoms with Crippen molar-refractivity contribution >= 4 is 40.9 Å². The van der Waals surface area contributed by atoms with Crippen LogP contribution in [0, 0.1) is 0 Å². The summed E-state index contributed by atoms with van der Waals surface area (Å²) >= 11 is 1.34. The van der Waals surface area contributed by atoms with E-state index in [9.17, 15) is 14.4 Å². The van der Waals surface area contributed by atoms with Crippen LogP contribution in [0.3, 0.4) is 0 Å². The van der Waals surface area contributed by atoms with E-state index in [0.717, 1.165) is 4.90 Å². The lowest BCUT2D eigenvalue weighted by Gasteiger charge is -2.30. The Hall–Kier alpha value is -2.80. The summed E-state index contributed by atoms with van der Waals surface area (Å²) in [6, 6.07) is 16.5. The Bertz CT molecular complexity index is 825. The quantitative estimate of drug-likeness (QED) is 0.647. The number of carbonyl (C=O) groups is 3. The van der Waals surface area contributed by atoms with E-state index in [2.05, 4.69) is 5.32 Å². The fourth-order valence-electron chi connectivity index (χ4n) is 2.59. The fourth-order valence-corrected chi connectivity index (χ4v) is 3.29. The van der Waals surface area contributed by atoms with Gasteiger partial charge in [0.05, 0.1) is 17.1 Å². The second kappa shape index (κ2) is 8.05. The number of anilines is 2. The highest BCUT2D eigenvalue weighted by molar-refractivity contribution is 8.00. The number of benzene rings is 2. The van der Waals surface area contributed by atoms with E-state index < -0.39 is 18.0 Å². The van der Waals surface area contributed by atoms with E-state index in [-0.39, 0.29) is 18.2 Å². The van der Waals surface area contributed by atoms with Gasteiger partial charge < -0.3 is 10.1 Å². The number of rotatable bonds is 5. The number of carbonyl (C=O) groups excluding carboxylic acids is 3. The monoisotopic (exact) mass is 370 g/mol. The molecule has 0 bridgehead atoms. The van der Waals surface area contributed by atoms with Crippen molar-refractivity contribution in [3.8, 4) is 0 Å². The van der Waals surface area contributed by atoms with Gasteiger partial charge in [-0.3, -0.25) is 19.3 Å². The molecule has 0 saturated carbocycles. The van der Waals surface area contributed by atoms with Crippen molar-refractivity contribution in [2.24, 2.45) is 0 Å². The standard InChI is InChI=1S/C19H18N2O4S/c1-13(25-18(23)12-26-14-7-3-2-4-8-14)19(24)21-11-17(22)20-15-9-5-6-10-16(15)21/h2-10,13H,11-12H2,1H3,(H,20,22)/t13-/m0/s1. The van der Waals surface area contributed by atoms with Crippen LogP contribution in [0.15, 0.2) is 59.5 Å². The van der Waals surface area contributed by atoms with Crippen LogP contribution in [-0.2, 0) is 19.1 Å². The van der Waals surface area contributed by atoms with Gasteiger partial charge in [-0.25, -0.2) is 0 Å². The van der Waals surface area contributed by atoms with E-state index in [4.69, 9.17) is 4.74 Å². The van der Waals surface area contributed by atoms with Crippen molar-refractivity contribution in [1.82, 2.24) is 0 Å². The maximum Gasteiger partial charge on any atom is 0.317 e. The normalized spacial score (nSPS) is 14.2. The number of nitrogens with zero attached hydrogens (tertiary/aromatic N) is 1. The second-order valence-electron chi connectivity index (χ2n) is 5.72. The van der Waals surface area contributed by atoms with Gasteiger partial charge in [0.2, 0.25) is 5.91 Å². The van der Waals surface area contributed by atoms with Crippen molar-refractivity contribution in [2.45, 2.75) is 17.9 Å². The SMILES string of the molecule is C[C@H](OC(=O)CSc1ccccc1)C(=O)N1CC(=O)Nc2ccccc21. The first-order valence-corrected chi connectivity index (χ1v) is 9.11. The van der Waals surface area contributed by atoms with Crippen molar-refractivity contribution in [1.29, 1.82) is 0 Å². The molecular weight excluding hydrogens is 352 g/mol. The first-order valence-electron chi connectivity index (χ1n) is 8.12. The number of ether oxygens (including phenoxy) is 1. The van der Waals surface area contributed by atoms with Gasteiger partial charge in [-0.2, -0.15) is 0 Å². The lowest BCUT2D eigenvalue weighted by Crippen LogP contribution is -2.47. The van der Waals surface area contributed by atoms with Crippen LogP contribution in [-0.4, -0.2) is 36.2 Å². The van der Waals surface area contributed by atoms with Crippen LogP contribution in [0.5, 0.6) is 0 Å². The number of hydrogen-bond acceptors (Lipinski definition) is 5. The molecule has 0 aliphatic carbocycles. The molecule has 26 heavy (non-hydrogen) atoms. The number of amides is 2. The van der Waals surface area contributed by atoms with Gasteiger partial charge >= 0.3 is 5.97 Å². The minimum Gasteiger partial charge on any atom is -0.452 e. The molecule has 1 N–H and O–H groups in total. The Kier molecular flexibility index (Phi) is 5.58. The molecular formula is C19H18N2O4S. The lowest BCUT2D eigenvalue weighted by molar-refractivity contribution is -0.151. The number of thioether (sulfide) groups is 1. The van der Waals surface area contributed by atoms with Gasteiger partial charge in [0.15, 0.2) is 6.10 Å². The van der Waals surface area contributed by atoms with Crippen LogP contribution in [0.1, 0.15) is 6.92 Å². The van der Waals surface area contributed by atoms with E-state index in [1.54, 1.807) is 24.3 Å². The summed E-state index contributed by atoms with van der Waals surface area (Å²) in [6.45, 7) is 1.42. The second-order valence-corrected chi connectivity index (χ2v) is 6.77. The maximum atomic E-state index is 12.7. The van der Waals surface area contributed by atoms with Gasteiger partial charge in [-0.05, 0) is 31.2 Å². The molecule has 1 atom stereocenters. The van der Waals surface area contributed by atoms with Crippen molar-refractivity contribution in [3.05, 3.63) is 54.6 Å². The highest BCUT2D eigenvalue weighted by Crippen LogP contribution is 2.29. The molecule has 1 heterocycles. The van der Waals surface area contributed by atoms with Gasteiger partial charge in [-0.1, -0.05) is 30.3 Å². The zero-order chi connectivity index (χ0) is 18.5. The van der Waals surface area contributed by atoms with Crippen LogP contribution in [0.25, 0.3) is 0 Å². The summed E-state index contributed by atoms with van der Waals surface area (Å²) in [5, 5.41) is 2.72. The third-order valence-electron chi connectivity index (χ3n) is 3.79. The summed E-state index contributed by atoms with van der Waals surface area (Å²) in [5.41, 5.74) is 1.16. The summed E-state index contributed by atoms with van der Waals surface area (Å²) in [7, 11) is 0. The third-order valence-corrected chi connectivity index (χ3v) is 4.78. The fraction of sp³-hybridized carbons (Fsp3) is 0.211. The molecule has 2 aromatic carbocycles. The molecule has 134 valence electrons. The molecule has 2 amide bonds. The third kappa shape index (κ3) is 4.23. The minimum absolute atomic E-state index is 0.101. The number of para-hydroxylation sites is 2. The van der Waals surface area contributed by atoms with Crippen LogP contribution in [0.2, 0.25) is 0 Å². The topological polar surface area (TPSA) is 75.7 Å². The van der Waals surface area contributed by atoms with Gasteiger partial charge in [0.1, 0.15) is 6.54 Å². The van der Waals surface area contributed by atoms with E-state index >= 15 is 0 Å². The molecule has 0 spiro atoms. The Labute approximate surface area is 155 Å². The van der Waals surface area contributed by atoms with Crippen molar-refractivity contribution in [2.75, 3.05) is 22.5 Å². The summed E-state index contributed by atoms with van der Waals surface area (Å²) in [4.78, 5) is 38.8. The summed E-state index contributed by atoms with van der Waals surface area (Å²) in [6.07, 6.45) is -0.974. The van der Waals surface area contributed by atoms with E-state index in [1.807, 2.05) is 30.3 Å². The Morgan fingerprint density at radius 3 is 2.62 bits per heavy atom. The summed E-state index contributed by atoms with van der Waals surface area (Å²) < 4.78 is 5.25. The van der Waals surface area contributed by atoms with Gasteiger partial charge in [0, 0.05) is 4.90 Å². The van der Waals surface area contributed by atoms with Crippen LogP contribution in [0.4, 0.5) is 11.4 Å². The Morgan fingerprint density at radius 1 is 1.15 bits per heavy atom. The predicted octanol–water partition coefficient (Wildman–Crippen LogP) is 2.70. The molecule has 6 nitrogen and oxygen atoms in total. The first-order chi connectivity index (χ1) is 12.5. The largest absolute Gasteiger partial charge is 0.452 e. The molecule has 0 radical (unpaired) electrons. The molecule has 0 saturated heterocycles. The smallest absolute Gasteiger partial charge is 0.317 e. The Balaban J connectivity index is 1.61. The number of esters is 1. The molecule has 7 heteroatoms. The molecule has 1 aliphatic rings. The number of hydrogen-bond donors (Lipinski definition) is 1. The van der Waals surface area contributed by atoms with E-state index in [1.165, 1.54) is 23.6 Å². The van der Waals surface area contributed by atoms with Gasteiger partial charge in [-0.15, -0.1) is 11.8 Å². The van der Waals surface area contributed by atoms with Crippen molar-refractivity contribution < 1.29 is 19.1 Å². The van der Waals surface area contributed by atoms with Crippen LogP contribution >= 0.6 is 11.8 Å². The maximum absolute atomic E-state index is 12.7. The molecule has 2 aromatic rings. The zero-order valence-electron chi connectivity index (χ0n) is 14.2. The molecule has 0 fully saturated rings. The average Bonchev–Trinajstić information content (AvgIpc) is 2.66. The number of fused-ring (bicyclic) bond motifs is 1. The van der Waals surface area contributed by atoms with Gasteiger partial charge in [0.25, 0.3) is 5.91 Å². The molecule has 1 aliphatic heterocycles. The predicted molar refractivity (Wildman–Crippen MR) is 100 cm³/mol. The van der Waals surface area contributed by atoms with Crippen molar-refractivity contribution in [3.63, 3.8) is 0 Å².